The molecule has 0 aliphatic carbocycles. The Bertz CT molecular complexity index is 409. The molecule has 15 heavy (non-hydrogen) atoms. The van der Waals surface area contributed by atoms with Crippen LogP contribution in [0, 0.1) is 6.92 Å². The highest BCUT2D eigenvalue weighted by atomic mass is 35.5. The van der Waals surface area contributed by atoms with E-state index in [1.807, 2.05) is 6.07 Å². The molecule has 0 radical (unpaired) electrons. The normalized spacial score (nSPS) is 11.9. The summed E-state index contributed by atoms with van der Waals surface area (Å²) in [5.74, 6) is 0.363. The molecule has 0 bridgehead atoms. The molecule has 2 aromatic rings. The molecule has 1 aromatic carbocycles. The molecular formula is C12H15ClN2. The Morgan fingerprint density at radius 2 is 1.87 bits per heavy atom. The number of nitrogens with zero attached hydrogens (tertiary/aromatic N) is 1. The number of nitrogens with one attached hydrogen (secondary N) is 1. The second kappa shape index (κ2) is 4.99. The molecule has 0 spiro atoms. The van der Waals surface area contributed by atoms with Crippen molar-refractivity contribution in [3.05, 3.63) is 53.6 Å². The fourth-order valence-corrected chi connectivity index (χ4v) is 1.71. The number of aromatic amines is 1. The van der Waals surface area contributed by atoms with Crippen LogP contribution in [-0.2, 0) is 0 Å². The Hall–Kier alpha value is -1.28. The van der Waals surface area contributed by atoms with Gasteiger partial charge in [-0.15, -0.1) is 12.4 Å². The van der Waals surface area contributed by atoms with Crippen molar-refractivity contribution in [3.63, 3.8) is 0 Å². The van der Waals surface area contributed by atoms with Gasteiger partial charge in [-0.2, -0.15) is 0 Å². The van der Waals surface area contributed by atoms with Gasteiger partial charge in [-0.3, -0.25) is 0 Å². The van der Waals surface area contributed by atoms with E-state index in [9.17, 15) is 0 Å². The van der Waals surface area contributed by atoms with Gasteiger partial charge in [-0.05, 0) is 12.5 Å². The number of benzene rings is 1. The lowest BCUT2D eigenvalue weighted by Crippen LogP contribution is -1.98. The van der Waals surface area contributed by atoms with Crippen molar-refractivity contribution in [2.45, 2.75) is 19.8 Å². The lowest BCUT2D eigenvalue weighted by atomic mass is 9.97. The summed E-state index contributed by atoms with van der Waals surface area (Å²) in [5, 5.41) is 0. The SMILES string of the molecule is Cc1[nH]cnc1C(C)c1ccccc1.Cl. The van der Waals surface area contributed by atoms with E-state index in [2.05, 4.69) is 48.1 Å². The van der Waals surface area contributed by atoms with Gasteiger partial charge in [0.25, 0.3) is 0 Å². The van der Waals surface area contributed by atoms with Crippen molar-refractivity contribution in [1.29, 1.82) is 0 Å². The summed E-state index contributed by atoms with van der Waals surface area (Å²) in [7, 11) is 0. The Morgan fingerprint density at radius 3 is 2.40 bits per heavy atom. The molecule has 1 aromatic heterocycles. The molecule has 1 unspecified atom stereocenters. The van der Waals surface area contributed by atoms with Gasteiger partial charge in [0.2, 0.25) is 0 Å². The van der Waals surface area contributed by atoms with Crippen LogP contribution in [0.25, 0.3) is 0 Å². The fraction of sp³-hybridized carbons (Fsp3) is 0.250. The zero-order valence-electron chi connectivity index (χ0n) is 8.90. The molecule has 0 fully saturated rings. The number of halogens is 1. The smallest absolute Gasteiger partial charge is 0.0925 e. The summed E-state index contributed by atoms with van der Waals surface area (Å²) in [6.07, 6.45) is 1.75. The van der Waals surface area contributed by atoms with Crippen LogP contribution in [-0.4, -0.2) is 9.97 Å². The Balaban J connectivity index is 0.00000112. The van der Waals surface area contributed by atoms with E-state index in [1.165, 1.54) is 5.56 Å². The summed E-state index contributed by atoms with van der Waals surface area (Å²) in [6, 6.07) is 10.4. The molecule has 3 heteroatoms. The number of aryl methyl sites for hydroxylation is 1. The molecule has 1 heterocycles. The van der Waals surface area contributed by atoms with Gasteiger partial charge in [0.15, 0.2) is 0 Å². The van der Waals surface area contributed by atoms with Crippen molar-refractivity contribution < 1.29 is 0 Å². The first-order valence-corrected chi connectivity index (χ1v) is 4.84. The number of aromatic nitrogens is 2. The van der Waals surface area contributed by atoms with E-state index in [0.29, 0.717) is 5.92 Å². The minimum Gasteiger partial charge on any atom is -0.348 e. The van der Waals surface area contributed by atoms with Crippen LogP contribution in [0.4, 0.5) is 0 Å². The van der Waals surface area contributed by atoms with Crippen molar-refractivity contribution in [3.8, 4) is 0 Å². The molecule has 0 amide bonds. The van der Waals surface area contributed by atoms with Gasteiger partial charge in [0.05, 0.1) is 12.0 Å². The van der Waals surface area contributed by atoms with Crippen LogP contribution in [0.5, 0.6) is 0 Å². The largest absolute Gasteiger partial charge is 0.348 e. The van der Waals surface area contributed by atoms with Crippen LogP contribution >= 0.6 is 12.4 Å². The molecular weight excluding hydrogens is 208 g/mol. The molecule has 1 atom stereocenters. The monoisotopic (exact) mass is 222 g/mol. The van der Waals surface area contributed by atoms with Gasteiger partial charge >= 0.3 is 0 Å². The third kappa shape index (κ3) is 2.39. The highest BCUT2D eigenvalue weighted by Crippen LogP contribution is 2.23. The average Bonchev–Trinajstić information content (AvgIpc) is 2.65. The zero-order valence-corrected chi connectivity index (χ0v) is 9.71. The second-order valence-electron chi connectivity index (χ2n) is 3.55. The van der Waals surface area contributed by atoms with Crippen molar-refractivity contribution in [1.82, 2.24) is 9.97 Å². The van der Waals surface area contributed by atoms with E-state index >= 15 is 0 Å². The number of rotatable bonds is 2. The number of hydrogen-bond acceptors (Lipinski definition) is 1. The van der Waals surface area contributed by atoms with Gasteiger partial charge in [0, 0.05) is 11.6 Å². The molecule has 0 aliphatic heterocycles. The van der Waals surface area contributed by atoms with Crippen LogP contribution in [0.1, 0.15) is 29.8 Å². The topological polar surface area (TPSA) is 28.7 Å². The summed E-state index contributed by atoms with van der Waals surface area (Å²) in [6.45, 7) is 4.24. The molecule has 0 saturated heterocycles. The van der Waals surface area contributed by atoms with Gasteiger partial charge in [0.1, 0.15) is 0 Å². The highest BCUT2D eigenvalue weighted by molar-refractivity contribution is 5.85. The van der Waals surface area contributed by atoms with E-state index in [-0.39, 0.29) is 12.4 Å². The van der Waals surface area contributed by atoms with Crippen molar-refractivity contribution >= 4 is 12.4 Å². The minimum absolute atomic E-state index is 0. The maximum absolute atomic E-state index is 4.34. The molecule has 2 nitrogen and oxygen atoms in total. The Labute approximate surface area is 96.2 Å². The van der Waals surface area contributed by atoms with Gasteiger partial charge in [-0.1, -0.05) is 37.3 Å². The summed E-state index contributed by atoms with van der Waals surface area (Å²) < 4.78 is 0. The highest BCUT2D eigenvalue weighted by Gasteiger charge is 2.12. The van der Waals surface area contributed by atoms with E-state index in [1.54, 1.807) is 6.33 Å². The van der Waals surface area contributed by atoms with Gasteiger partial charge < -0.3 is 4.98 Å². The molecule has 1 N–H and O–H groups in total. The summed E-state index contributed by atoms with van der Waals surface area (Å²) in [4.78, 5) is 7.44. The second-order valence-corrected chi connectivity index (χ2v) is 3.55. The number of hydrogen-bond donors (Lipinski definition) is 1. The Morgan fingerprint density at radius 1 is 1.20 bits per heavy atom. The lowest BCUT2D eigenvalue weighted by molar-refractivity contribution is 0.871. The van der Waals surface area contributed by atoms with Crippen LogP contribution in [0.3, 0.4) is 0 Å². The Kier molecular flexibility index (Phi) is 3.92. The first-order chi connectivity index (χ1) is 6.79. The van der Waals surface area contributed by atoms with E-state index in [4.69, 9.17) is 0 Å². The van der Waals surface area contributed by atoms with Gasteiger partial charge in [-0.25, -0.2) is 4.98 Å². The third-order valence-electron chi connectivity index (χ3n) is 2.58. The van der Waals surface area contributed by atoms with Crippen LogP contribution in [0.2, 0.25) is 0 Å². The zero-order chi connectivity index (χ0) is 9.97. The molecule has 2 rings (SSSR count). The van der Waals surface area contributed by atoms with Crippen molar-refractivity contribution in [2.75, 3.05) is 0 Å². The molecule has 0 aliphatic rings. The third-order valence-corrected chi connectivity index (χ3v) is 2.58. The lowest BCUT2D eigenvalue weighted by Gasteiger charge is -2.09. The minimum atomic E-state index is 0. The maximum Gasteiger partial charge on any atom is 0.0925 e. The first-order valence-electron chi connectivity index (χ1n) is 4.84. The standard InChI is InChI=1S/C12H14N2.ClH/c1-9(11-6-4-3-5-7-11)12-10(2)13-8-14-12;/h3-9H,1-2H3,(H,13,14);1H. The molecule has 80 valence electrons. The number of imidazole rings is 1. The summed E-state index contributed by atoms with van der Waals surface area (Å²) >= 11 is 0. The predicted molar refractivity (Wildman–Crippen MR) is 64.5 cm³/mol. The predicted octanol–water partition coefficient (Wildman–Crippen LogP) is 3.29. The first kappa shape index (κ1) is 11.8. The average molecular weight is 223 g/mol. The maximum atomic E-state index is 4.34. The van der Waals surface area contributed by atoms with E-state index in [0.717, 1.165) is 11.4 Å². The molecule has 0 saturated carbocycles. The summed E-state index contributed by atoms with van der Waals surface area (Å²) in [5.41, 5.74) is 3.60. The number of H-pyrrole nitrogens is 1. The van der Waals surface area contributed by atoms with Crippen molar-refractivity contribution in [2.24, 2.45) is 0 Å². The fourth-order valence-electron chi connectivity index (χ4n) is 1.71. The van der Waals surface area contributed by atoms with Crippen LogP contribution < -0.4 is 0 Å². The van der Waals surface area contributed by atoms with E-state index < -0.39 is 0 Å². The quantitative estimate of drug-likeness (QED) is 0.830. The van der Waals surface area contributed by atoms with Crippen LogP contribution in [0.15, 0.2) is 36.7 Å².